The number of amides is 1. The molecule has 1 unspecified atom stereocenters. The Labute approximate surface area is 182 Å². The van der Waals surface area contributed by atoms with Crippen LogP contribution >= 0.6 is 23.2 Å². The van der Waals surface area contributed by atoms with Crippen molar-refractivity contribution in [2.24, 2.45) is 5.92 Å². The van der Waals surface area contributed by atoms with Crippen molar-refractivity contribution in [3.63, 3.8) is 0 Å². The summed E-state index contributed by atoms with van der Waals surface area (Å²) in [7, 11) is 1.82. The molecule has 1 aromatic heterocycles. The zero-order valence-electron chi connectivity index (χ0n) is 17.9. The van der Waals surface area contributed by atoms with Crippen molar-refractivity contribution in [1.29, 1.82) is 0 Å². The summed E-state index contributed by atoms with van der Waals surface area (Å²) in [5, 5.41) is 1.91. The normalized spacial score (nSPS) is 18.2. The van der Waals surface area contributed by atoms with E-state index in [-0.39, 0.29) is 12.1 Å². The molecule has 1 aromatic carbocycles. The smallest absolute Gasteiger partial charge is 0.410 e. The van der Waals surface area contributed by atoms with E-state index in [0.717, 1.165) is 41.7 Å². The van der Waals surface area contributed by atoms with Crippen LogP contribution in [0.2, 0.25) is 10.2 Å². The lowest BCUT2D eigenvalue weighted by Crippen LogP contribution is -2.43. The number of carbonyl (C=O) groups excluding carboxylic acids is 1. The number of pyridine rings is 1. The van der Waals surface area contributed by atoms with Gasteiger partial charge >= 0.3 is 6.09 Å². The first-order valence-corrected chi connectivity index (χ1v) is 10.7. The van der Waals surface area contributed by atoms with Gasteiger partial charge in [-0.1, -0.05) is 23.2 Å². The quantitative estimate of drug-likeness (QED) is 0.557. The Bertz CT molecular complexity index is 926. The standard InChI is InChI=1S/C22H29Cl2N3O2/c1-13-9-18-16(17(23)11-20(24)25-18)10-19(13)27-8-7-15(12-27)14(2)26(6)21(28)29-22(3,4)5/h9-11,14-15H,7-8,12H2,1-6H3/t14?,15-/m1/s1. The number of fused-ring (bicyclic) bond motifs is 1. The van der Waals surface area contributed by atoms with Gasteiger partial charge in [0, 0.05) is 37.3 Å². The van der Waals surface area contributed by atoms with Crippen LogP contribution in [0.3, 0.4) is 0 Å². The van der Waals surface area contributed by atoms with Gasteiger partial charge in [0.2, 0.25) is 0 Å². The van der Waals surface area contributed by atoms with Gasteiger partial charge in [0.1, 0.15) is 10.8 Å². The van der Waals surface area contributed by atoms with Gasteiger partial charge in [-0.15, -0.1) is 0 Å². The number of carbonyl (C=O) groups is 1. The van der Waals surface area contributed by atoms with Crippen molar-refractivity contribution in [2.45, 2.75) is 52.7 Å². The van der Waals surface area contributed by atoms with Crippen LogP contribution in [0.5, 0.6) is 0 Å². The van der Waals surface area contributed by atoms with Crippen LogP contribution in [-0.2, 0) is 4.74 Å². The number of hydrogen-bond acceptors (Lipinski definition) is 4. The second-order valence-electron chi connectivity index (χ2n) is 8.91. The molecular formula is C22H29Cl2N3O2. The first-order chi connectivity index (χ1) is 13.5. The molecule has 1 fully saturated rings. The molecule has 7 heteroatoms. The summed E-state index contributed by atoms with van der Waals surface area (Å²) in [4.78, 5) is 20.9. The number of halogens is 2. The summed E-state index contributed by atoms with van der Waals surface area (Å²) < 4.78 is 5.52. The van der Waals surface area contributed by atoms with Crippen molar-refractivity contribution < 1.29 is 9.53 Å². The third kappa shape index (κ3) is 4.89. The molecule has 158 valence electrons. The fraction of sp³-hybridized carbons (Fsp3) is 0.545. The predicted molar refractivity (Wildman–Crippen MR) is 120 cm³/mol. The summed E-state index contributed by atoms with van der Waals surface area (Å²) in [5.74, 6) is 0.362. The van der Waals surface area contributed by atoms with E-state index >= 15 is 0 Å². The van der Waals surface area contributed by atoms with Gasteiger partial charge in [0.05, 0.1) is 10.5 Å². The molecule has 1 aliphatic heterocycles. The van der Waals surface area contributed by atoms with Gasteiger partial charge < -0.3 is 14.5 Å². The average Bonchev–Trinajstić information content (AvgIpc) is 3.08. The molecule has 0 N–H and O–H groups in total. The highest BCUT2D eigenvalue weighted by atomic mass is 35.5. The molecular weight excluding hydrogens is 409 g/mol. The molecule has 2 aromatic rings. The lowest BCUT2D eigenvalue weighted by molar-refractivity contribution is 0.0192. The number of nitrogens with zero attached hydrogens (tertiary/aromatic N) is 3. The number of anilines is 1. The van der Waals surface area contributed by atoms with Gasteiger partial charge in [-0.05, 0) is 70.7 Å². The Hall–Kier alpha value is -1.72. The summed E-state index contributed by atoms with van der Waals surface area (Å²) in [6.45, 7) is 11.6. The van der Waals surface area contributed by atoms with E-state index in [0.29, 0.717) is 16.1 Å². The van der Waals surface area contributed by atoms with Crippen LogP contribution in [0.25, 0.3) is 10.9 Å². The highest BCUT2D eigenvalue weighted by Gasteiger charge is 2.33. The summed E-state index contributed by atoms with van der Waals surface area (Å²) in [5.41, 5.74) is 2.60. The van der Waals surface area contributed by atoms with Crippen LogP contribution in [0.15, 0.2) is 18.2 Å². The zero-order chi connectivity index (χ0) is 21.5. The number of hydrogen-bond donors (Lipinski definition) is 0. The van der Waals surface area contributed by atoms with Crippen LogP contribution in [0, 0.1) is 12.8 Å². The minimum absolute atomic E-state index is 0.0830. The van der Waals surface area contributed by atoms with E-state index in [9.17, 15) is 4.79 Å². The molecule has 0 aliphatic carbocycles. The molecule has 29 heavy (non-hydrogen) atoms. The van der Waals surface area contributed by atoms with Crippen molar-refractivity contribution in [3.8, 4) is 0 Å². The maximum atomic E-state index is 12.4. The van der Waals surface area contributed by atoms with Gasteiger partial charge in [-0.3, -0.25) is 0 Å². The van der Waals surface area contributed by atoms with Gasteiger partial charge in [0.15, 0.2) is 0 Å². The zero-order valence-corrected chi connectivity index (χ0v) is 19.4. The highest BCUT2D eigenvalue weighted by Crippen LogP contribution is 2.35. The van der Waals surface area contributed by atoms with Crippen LogP contribution in [-0.4, -0.2) is 47.8 Å². The Kier molecular flexibility index (Phi) is 6.21. The SMILES string of the molecule is Cc1cc2nc(Cl)cc(Cl)c2cc1N1CC[C@@H](C(C)N(C)C(=O)OC(C)(C)C)C1. The maximum absolute atomic E-state index is 12.4. The fourth-order valence-electron chi connectivity index (χ4n) is 3.85. The van der Waals surface area contributed by atoms with Gasteiger partial charge in [0.25, 0.3) is 0 Å². The van der Waals surface area contributed by atoms with E-state index in [4.69, 9.17) is 27.9 Å². The molecule has 2 heterocycles. The van der Waals surface area contributed by atoms with Crippen molar-refractivity contribution in [1.82, 2.24) is 9.88 Å². The summed E-state index contributed by atoms with van der Waals surface area (Å²) in [6.07, 6.45) is 0.735. The lowest BCUT2D eigenvalue weighted by atomic mass is 9.99. The van der Waals surface area contributed by atoms with Gasteiger partial charge in [-0.25, -0.2) is 9.78 Å². The average molecular weight is 438 g/mol. The first kappa shape index (κ1) is 22.0. The molecule has 1 saturated heterocycles. The predicted octanol–water partition coefficient (Wildman–Crippen LogP) is 5.93. The van der Waals surface area contributed by atoms with Crippen LogP contribution in [0.1, 0.15) is 39.7 Å². The van der Waals surface area contributed by atoms with E-state index in [2.05, 4.69) is 29.8 Å². The van der Waals surface area contributed by atoms with Crippen molar-refractivity contribution >= 4 is 45.9 Å². The molecule has 0 spiro atoms. The molecule has 1 amide bonds. The monoisotopic (exact) mass is 437 g/mol. The molecule has 2 atom stereocenters. The topological polar surface area (TPSA) is 45.7 Å². The minimum Gasteiger partial charge on any atom is -0.444 e. The highest BCUT2D eigenvalue weighted by molar-refractivity contribution is 6.37. The Morgan fingerprint density at radius 2 is 2.00 bits per heavy atom. The van der Waals surface area contributed by atoms with Crippen molar-refractivity contribution in [2.75, 3.05) is 25.0 Å². The number of aryl methyl sites for hydroxylation is 1. The number of rotatable bonds is 3. The third-order valence-electron chi connectivity index (χ3n) is 5.58. The van der Waals surface area contributed by atoms with E-state index < -0.39 is 5.60 Å². The van der Waals surface area contributed by atoms with Crippen LogP contribution in [0.4, 0.5) is 10.5 Å². The third-order valence-corrected chi connectivity index (χ3v) is 6.09. The van der Waals surface area contributed by atoms with E-state index in [1.165, 1.54) is 0 Å². The molecule has 5 nitrogen and oxygen atoms in total. The summed E-state index contributed by atoms with van der Waals surface area (Å²) >= 11 is 12.4. The second kappa shape index (κ2) is 8.19. The first-order valence-electron chi connectivity index (χ1n) is 9.93. The maximum Gasteiger partial charge on any atom is 0.410 e. The van der Waals surface area contributed by atoms with Crippen molar-refractivity contribution in [3.05, 3.63) is 33.9 Å². The fourth-order valence-corrected chi connectivity index (χ4v) is 4.36. The largest absolute Gasteiger partial charge is 0.444 e. The Morgan fingerprint density at radius 1 is 1.31 bits per heavy atom. The molecule has 3 rings (SSSR count). The van der Waals surface area contributed by atoms with Crippen LogP contribution < -0.4 is 4.90 Å². The Morgan fingerprint density at radius 3 is 2.66 bits per heavy atom. The van der Waals surface area contributed by atoms with E-state index in [1.807, 2.05) is 33.9 Å². The molecule has 1 aliphatic rings. The molecule has 0 bridgehead atoms. The van der Waals surface area contributed by atoms with E-state index in [1.54, 1.807) is 11.0 Å². The van der Waals surface area contributed by atoms with Gasteiger partial charge in [-0.2, -0.15) is 0 Å². The molecule has 0 radical (unpaired) electrons. The lowest BCUT2D eigenvalue weighted by Gasteiger charge is -2.32. The molecule has 0 saturated carbocycles. The minimum atomic E-state index is -0.495. The second-order valence-corrected chi connectivity index (χ2v) is 9.70. The number of aromatic nitrogens is 1. The summed E-state index contributed by atoms with van der Waals surface area (Å²) in [6, 6.07) is 5.89. The Balaban J connectivity index is 1.77. The number of ether oxygens (including phenoxy) is 1. The number of benzene rings is 1.